The molecule has 6 rings (SSSR count). The standard InChI is InChI=1S/C33H42N4O4/c1-7-39-31(38)29(41-32(3,4)5)28-23(2)34-27-22-26-16-10-14-24-12-8-9-13-25(24)15-11-21-40-33(6)17-19-36(20-18-33)30(28)37(27)35-26/h8-13,15-16,22,29H,7,14,17-21H2,1-6H3/b15-11+,16-10+/t29-/m0/s1. The maximum absolute atomic E-state index is 13.4. The number of fused-ring (bicyclic) bond motifs is 5. The predicted octanol–water partition coefficient (Wildman–Crippen LogP) is 6.12. The minimum absolute atomic E-state index is 0.255. The highest BCUT2D eigenvalue weighted by Gasteiger charge is 2.38. The number of hydrogen-bond acceptors (Lipinski definition) is 7. The fourth-order valence-electron chi connectivity index (χ4n) is 5.57. The van der Waals surface area contributed by atoms with Gasteiger partial charge in [0.1, 0.15) is 5.82 Å². The highest BCUT2D eigenvalue weighted by molar-refractivity contribution is 5.80. The van der Waals surface area contributed by atoms with Crippen LogP contribution in [-0.4, -0.2) is 58.1 Å². The van der Waals surface area contributed by atoms with Crippen molar-refractivity contribution >= 4 is 29.6 Å². The molecule has 0 aliphatic carbocycles. The van der Waals surface area contributed by atoms with E-state index in [4.69, 9.17) is 24.3 Å². The topological polar surface area (TPSA) is 78.2 Å². The van der Waals surface area contributed by atoms with E-state index in [0.29, 0.717) is 12.2 Å². The summed E-state index contributed by atoms with van der Waals surface area (Å²) in [5, 5.41) is 4.99. The van der Waals surface area contributed by atoms with Gasteiger partial charge in [0, 0.05) is 24.8 Å². The summed E-state index contributed by atoms with van der Waals surface area (Å²) in [5.41, 5.74) is 4.55. The molecule has 1 aromatic carbocycles. The second kappa shape index (κ2) is 11.8. The SMILES string of the molecule is CCOC(=O)[C@@H](OC(C)(C)C)c1c(C)nc2cc3nn2c1N1CCC(C)(CC1)OC/C=C/c1ccccc1C/C=C/3. The molecule has 1 atom stereocenters. The Balaban J connectivity index is 1.66. The largest absolute Gasteiger partial charge is 0.464 e. The monoisotopic (exact) mass is 558 g/mol. The molecular formula is C33H42N4O4. The van der Waals surface area contributed by atoms with Gasteiger partial charge in [-0.05, 0) is 78.0 Å². The van der Waals surface area contributed by atoms with Crippen LogP contribution in [0.3, 0.4) is 0 Å². The summed E-state index contributed by atoms with van der Waals surface area (Å²) in [7, 11) is 0. The molecule has 3 aliphatic heterocycles. The second-order valence-corrected chi connectivity index (χ2v) is 12.1. The number of anilines is 1. The van der Waals surface area contributed by atoms with Crippen molar-refractivity contribution in [1.29, 1.82) is 0 Å². The van der Waals surface area contributed by atoms with E-state index in [2.05, 4.69) is 54.3 Å². The van der Waals surface area contributed by atoms with Crippen LogP contribution in [0.2, 0.25) is 0 Å². The molecule has 8 nitrogen and oxygen atoms in total. The van der Waals surface area contributed by atoms with Gasteiger partial charge in [0.25, 0.3) is 0 Å². The lowest BCUT2D eigenvalue weighted by Gasteiger charge is -2.41. The summed E-state index contributed by atoms with van der Waals surface area (Å²) in [6.45, 7) is 14.1. The van der Waals surface area contributed by atoms with E-state index in [0.717, 1.165) is 55.2 Å². The minimum atomic E-state index is -0.939. The molecule has 218 valence electrons. The molecule has 1 fully saturated rings. The second-order valence-electron chi connectivity index (χ2n) is 12.1. The van der Waals surface area contributed by atoms with Crippen molar-refractivity contribution in [2.45, 2.75) is 78.1 Å². The lowest BCUT2D eigenvalue weighted by Crippen LogP contribution is -2.45. The first-order valence-electron chi connectivity index (χ1n) is 14.6. The third-order valence-electron chi connectivity index (χ3n) is 7.68. The van der Waals surface area contributed by atoms with Crippen molar-refractivity contribution in [1.82, 2.24) is 14.6 Å². The number of allylic oxidation sites excluding steroid dienone is 1. The van der Waals surface area contributed by atoms with E-state index in [-0.39, 0.29) is 12.2 Å². The van der Waals surface area contributed by atoms with Gasteiger partial charge in [-0.3, -0.25) is 0 Å². The third kappa shape index (κ3) is 6.54. The molecular weight excluding hydrogens is 516 g/mol. The van der Waals surface area contributed by atoms with Crippen LogP contribution in [0.4, 0.5) is 5.82 Å². The number of rotatable bonds is 4. The number of aromatic nitrogens is 3. The zero-order valence-electron chi connectivity index (χ0n) is 25.1. The summed E-state index contributed by atoms with van der Waals surface area (Å²) >= 11 is 0. The van der Waals surface area contributed by atoms with E-state index in [9.17, 15) is 4.79 Å². The Kier molecular flexibility index (Phi) is 8.34. The molecule has 3 aromatic rings. The number of esters is 1. The van der Waals surface area contributed by atoms with Crippen LogP contribution >= 0.6 is 0 Å². The Morgan fingerprint density at radius 3 is 2.63 bits per heavy atom. The van der Waals surface area contributed by atoms with E-state index in [1.807, 2.05) is 51.3 Å². The van der Waals surface area contributed by atoms with E-state index in [1.165, 1.54) is 11.1 Å². The summed E-state index contributed by atoms with van der Waals surface area (Å²) in [5.74, 6) is 0.403. The maximum atomic E-state index is 13.4. The zero-order valence-corrected chi connectivity index (χ0v) is 25.1. The Morgan fingerprint density at radius 2 is 1.90 bits per heavy atom. The summed E-state index contributed by atoms with van der Waals surface area (Å²) in [6, 6.07) is 10.4. The maximum Gasteiger partial charge on any atom is 0.340 e. The molecule has 5 heterocycles. The van der Waals surface area contributed by atoms with Gasteiger partial charge in [0.15, 0.2) is 11.8 Å². The molecule has 8 heteroatoms. The van der Waals surface area contributed by atoms with Gasteiger partial charge < -0.3 is 19.1 Å². The number of aryl methyl sites for hydroxylation is 1. The highest BCUT2D eigenvalue weighted by Crippen LogP contribution is 2.38. The van der Waals surface area contributed by atoms with Crippen molar-refractivity contribution in [3.63, 3.8) is 0 Å². The van der Waals surface area contributed by atoms with Crippen LogP contribution < -0.4 is 4.90 Å². The van der Waals surface area contributed by atoms with Crippen molar-refractivity contribution in [2.75, 3.05) is 31.2 Å². The first kappa shape index (κ1) is 29.0. The van der Waals surface area contributed by atoms with Gasteiger partial charge in [0.2, 0.25) is 0 Å². The molecule has 1 saturated heterocycles. The molecule has 0 saturated carbocycles. The van der Waals surface area contributed by atoms with Crippen molar-refractivity contribution in [3.8, 4) is 0 Å². The van der Waals surface area contributed by atoms with Gasteiger partial charge >= 0.3 is 5.97 Å². The molecule has 0 amide bonds. The summed E-state index contributed by atoms with van der Waals surface area (Å²) in [4.78, 5) is 20.6. The van der Waals surface area contributed by atoms with Crippen LogP contribution in [0.1, 0.15) is 81.6 Å². The molecule has 41 heavy (non-hydrogen) atoms. The Bertz CT molecular complexity index is 1460. The van der Waals surface area contributed by atoms with E-state index >= 15 is 0 Å². The van der Waals surface area contributed by atoms with Gasteiger partial charge in [0.05, 0.1) is 35.7 Å². The molecule has 0 N–H and O–H groups in total. The Hall–Kier alpha value is -3.49. The summed E-state index contributed by atoms with van der Waals surface area (Å²) < 4.78 is 20.2. The number of benzene rings is 1. The average Bonchev–Trinajstić information content (AvgIpc) is 3.32. The number of carbonyl (C=O) groups excluding carboxylic acids is 1. The van der Waals surface area contributed by atoms with Crippen molar-refractivity contribution in [2.24, 2.45) is 0 Å². The number of piperidine rings is 1. The molecule has 0 spiro atoms. The average molecular weight is 559 g/mol. The fraction of sp³-hybridized carbons (Fsp3) is 0.485. The van der Waals surface area contributed by atoms with Gasteiger partial charge in [-0.25, -0.2) is 9.78 Å². The van der Waals surface area contributed by atoms with Crippen LogP contribution in [0, 0.1) is 6.92 Å². The van der Waals surface area contributed by atoms with Crippen molar-refractivity contribution in [3.05, 3.63) is 70.6 Å². The lowest BCUT2D eigenvalue weighted by atomic mass is 9.92. The van der Waals surface area contributed by atoms with Crippen molar-refractivity contribution < 1.29 is 19.0 Å². The first-order valence-corrected chi connectivity index (χ1v) is 14.6. The fourth-order valence-corrected chi connectivity index (χ4v) is 5.57. The molecule has 2 aromatic heterocycles. The van der Waals surface area contributed by atoms with Gasteiger partial charge in [-0.15, -0.1) is 0 Å². The third-order valence-corrected chi connectivity index (χ3v) is 7.68. The highest BCUT2D eigenvalue weighted by atomic mass is 16.6. The van der Waals surface area contributed by atoms with Crippen LogP contribution in [0.15, 0.2) is 42.5 Å². The van der Waals surface area contributed by atoms with Crippen LogP contribution in [-0.2, 0) is 25.4 Å². The molecule has 0 unspecified atom stereocenters. The Morgan fingerprint density at radius 1 is 1.15 bits per heavy atom. The molecule has 0 radical (unpaired) electrons. The first-order chi connectivity index (χ1) is 19.6. The number of nitrogens with zero attached hydrogens (tertiary/aromatic N) is 4. The number of ether oxygens (including phenoxy) is 3. The van der Waals surface area contributed by atoms with E-state index < -0.39 is 17.7 Å². The van der Waals surface area contributed by atoms with Crippen LogP contribution in [0.25, 0.3) is 17.8 Å². The number of hydrogen-bond donors (Lipinski definition) is 0. The Labute approximate surface area is 243 Å². The minimum Gasteiger partial charge on any atom is -0.464 e. The van der Waals surface area contributed by atoms with E-state index in [1.54, 1.807) is 0 Å². The van der Waals surface area contributed by atoms with Crippen LogP contribution in [0.5, 0.6) is 0 Å². The molecule has 3 aliphatic rings. The lowest BCUT2D eigenvalue weighted by molar-refractivity contribution is -0.166. The molecule has 4 bridgehead atoms. The normalized spacial score (nSPS) is 19.5. The predicted molar refractivity (Wildman–Crippen MR) is 162 cm³/mol. The number of carbonyl (C=O) groups is 1. The summed E-state index contributed by atoms with van der Waals surface area (Å²) in [6.07, 6.45) is 9.93. The zero-order chi connectivity index (χ0) is 29.2. The van der Waals surface area contributed by atoms with Gasteiger partial charge in [-0.1, -0.05) is 42.5 Å². The van der Waals surface area contributed by atoms with Gasteiger partial charge in [-0.2, -0.15) is 9.61 Å². The smallest absolute Gasteiger partial charge is 0.340 e. The quantitative estimate of drug-likeness (QED) is 0.357.